The third-order valence-electron chi connectivity index (χ3n) is 5.29. The molecular weight excluding hydrogens is 330 g/mol. The number of allylic oxidation sites excluding steroid dienone is 1. The zero-order chi connectivity index (χ0) is 18.6. The first-order valence-corrected chi connectivity index (χ1v) is 9.14. The van der Waals surface area contributed by atoms with Gasteiger partial charge in [-0.2, -0.15) is 0 Å². The lowest BCUT2D eigenvalue weighted by atomic mass is 9.71. The maximum Gasteiger partial charge on any atom is 0.333 e. The summed E-state index contributed by atoms with van der Waals surface area (Å²) in [4.78, 5) is 16.1. The Balaban J connectivity index is 1.89. The highest BCUT2D eigenvalue weighted by molar-refractivity contribution is 5.89. The van der Waals surface area contributed by atoms with Gasteiger partial charge in [-0.15, -0.1) is 0 Å². The molecular formula is C21H27NO4. The third-order valence-corrected chi connectivity index (χ3v) is 5.29. The summed E-state index contributed by atoms with van der Waals surface area (Å²) in [5.74, 6) is 1.97. The predicted octanol–water partition coefficient (Wildman–Crippen LogP) is 3.71. The second kappa shape index (κ2) is 7.94. The van der Waals surface area contributed by atoms with Gasteiger partial charge in [0.2, 0.25) is 0 Å². The SMILES string of the molecule is CN=CC1(c2ccc(OC)c(OCC3CC3)c2)CC=C(C(=O)OC)CC1. The van der Waals surface area contributed by atoms with Crippen LogP contribution in [0, 0.1) is 5.92 Å². The molecule has 0 aliphatic heterocycles. The van der Waals surface area contributed by atoms with Crippen LogP contribution in [0.25, 0.3) is 0 Å². The van der Waals surface area contributed by atoms with Crippen LogP contribution < -0.4 is 9.47 Å². The zero-order valence-corrected chi connectivity index (χ0v) is 15.8. The number of carbonyl (C=O) groups is 1. The van der Waals surface area contributed by atoms with Crippen molar-refractivity contribution < 1.29 is 19.0 Å². The molecule has 1 unspecified atom stereocenters. The Labute approximate surface area is 155 Å². The van der Waals surface area contributed by atoms with Crippen LogP contribution in [-0.2, 0) is 14.9 Å². The van der Waals surface area contributed by atoms with Gasteiger partial charge in [-0.25, -0.2) is 4.79 Å². The van der Waals surface area contributed by atoms with Crippen molar-refractivity contribution in [1.82, 2.24) is 0 Å². The van der Waals surface area contributed by atoms with E-state index in [0.29, 0.717) is 18.8 Å². The third kappa shape index (κ3) is 3.92. The summed E-state index contributed by atoms with van der Waals surface area (Å²) in [7, 11) is 4.87. The second-order valence-corrected chi connectivity index (χ2v) is 7.09. The maximum absolute atomic E-state index is 11.8. The van der Waals surface area contributed by atoms with Gasteiger partial charge < -0.3 is 14.2 Å². The molecule has 3 rings (SSSR count). The number of hydrogen-bond donors (Lipinski definition) is 0. The maximum atomic E-state index is 11.8. The molecule has 0 bridgehead atoms. The van der Waals surface area contributed by atoms with Gasteiger partial charge in [0.25, 0.3) is 0 Å². The Bertz CT molecular complexity index is 721. The molecule has 140 valence electrons. The van der Waals surface area contributed by atoms with Crippen LogP contribution in [0.4, 0.5) is 0 Å². The fourth-order valence-corrected chi connectivity index (χ4v) is 3.48. The minimum Gasteiger partial charge on any atom is -0.493 e. The van der Waals surface area contributed by atoms with E-state index >= 15 is 0 Å². The molecule has 0 saturated heterocycles. The summed E-state index contributed by atoms with van der Waals surface area (Å²) < 4.78 is 16.3. The summed E-state index contributed by atoms with van der Waals surface area (Å²) in [6, 6.07) is 6.10. The Hall–Kier alpha value is -2.30. The van der Waals surface area contributed by atoms with Gasteiger partial charge in [0.1, 0.15) is 0 Å². The standard InChI is InChI=1S/C21H27NO4/c1-22-14-21(10-8-16(9-11-21)20(23)25-3)17-6-7-18(24-2)19(12-17)26-13-15-4-5-15/h6-8,12,14-15H,4-5,9-11,13H2,1-3H3. The quantitative estimate of drug-likeness (QED) is 0.551. The smallest absolute Gasteiger partial charge is 0.333 e. The first kappa shape index (κ1) is 18.5. The van der Waals surface area contributed by atoms with Gasteiger partial charge in [-0.05, 0) is 55.7 Å². The van der Waals surface area contributed by atoms with Crippen LogP contribution in [0.2, 0.25) is 0 Å². The molecule has 1 fully saturated rings. The number of aliphatic imine (C=N–C) groups is 1. The van der Waals surface area contributed by atoms with Crippen LogP contribution in [0.15, 0.2) is 34.8 Å². The van der Waals surface area contributed by atoms with Crippen LogP contribution >= 0.6 is 0 Å². The lowest BCUT2D eigenvalue weighted by Gasteiger charge is -2.33. The molecule has 2 aliphatic carbocycles. The monoisotopic (exact) mass is 357 g/mol. The van der Waals surface area contributed by atoms with Crippen molar-refractivity contribution in [3.05, 3.63) is 35.4 Å². The van der Waals surface area contributed by atoms with Crippen molar-refractivity contribution in [2.75, 3.05) is 27.9 Å². The number of nitrogens with zero attached hydrogens (tertiary/aromatic N) is 1. The van der Waals surface area contributed by atoms with E-state index in [1.165, 1.54) is 20.0 Å². The minimum absolute atomic E-state index is 0.240. The highest BCUT2D eigenvalue weighted by atomic mass is 16.5. The summed E-state index contributed by atoms with van der Waals surface area (Å²) in [6.45, 7) is 0.737. The Morgan fingerprint density at radius 2 is 2.12 bits per heavy atom. The number of rotatable bonds is 7. The number of carbonyl (C=O) groups excluding carboxylic acids is 1. The van der Waals surface area contributed by atoms with Crippen LogP contribution in [0.3, 0.4) is 0 Å². The van der Waals surface area contributed by atoms with Gasteiger partial charge in [0.15, 0.2) is 11.5 Å². The van der Waals surface area contributed by atoms with Gasteiger partial charge in [0.05, 0.1) is 20.8 Å². The van der Waals surface area contributed by atoms with Crippen LogP contribution in [0.5, 0.6) is 11.5 Å². The lowest BCUT2D eigenvalue weighted by molar-refractivity contribution is -0.136. The fraction of sp³-hybridized carbons (Fsp3) is 0.524. The van der Waals surface area contributed by atoms with E-state index in [0.717, 1.165) is 35.7 Å². The van der Waals surface area contributed by atoms with Crippen molar-refractivity contribution in [3.8, 4) is 11.5 Å². The largest absolute Gasteiger partial charge is 0.493 e. The molecule has 5 nitrogen and oxygen atoms in total. The highest BCUT2D eigenvalue weighted by Gasteiger charge is 2.34. The average molecular weight is 357 g/mol. The fourth-order valence-electron chi connectivity index (χ4n) is 3.48. The summed E-state index contributed by atoms with van der Waals surface area (Å²) in [5, 5.41) is 0. The van der Waals surface area contributed by atoms with Gasteiger partial charge in [-0.1, -0.05) is 12.1 Å². The summed E-state index contributed by atoms with van der Waals surface area (Å²) >= 11 is 0. The molecule has 0 heterocycles. The molecule has 0 amide bonds. The first-order valence-electron chi connectivity index (χ1n) is 9.14. The zero-order valence-electron chi connectivity index (χ0n) is 15.8. The van der Waals surface area contributed by atoms with Gasteiger partial charge >= 0.3 is 5.97 Å². The topological polar surface area (TPSA) is 57.1 Å². The summed E-state index contributed by atoms with van der Waals surface area (Å²) in [5.41, 5.74) is 1.64. The van der Waals surface area contributed by atoms with E-state index in [-0.39, 0.29) is 11.4 Å². The normalized spacial score (nSPS) is 22.8. The van der Waals surface area contributed by atoms with E-state index < -0.39 is 0 Å². The van der Waals surface area contributed by atoms with E-state index in [2.05, 4.69) is 17.1 Å². The van der Waals surface area contributed by atoms with Crippen molar-refractivity contribution in [1.29, 1.82) is 0 Å². The molecule has 5 heteroatoms. The number of hydrogen-bond acceptors (Lipinski definition) is 5. The molecule has 0 spiro atoms. The number of ether oxygens (including phenoxy) is 3. The second-order valence-electron chi connectivity index (χ2n) is 7.09. The molecule has 2 aliphatic rings. The molecule has 26 heavy (non-hydrogen) atoms. The molecule has 0 radical (unpaired) electrons. The Morgan fingerprint density at radius 3 is 2.69 bits per heavy atom. The Morgan fingerprint density at radius 1 is 1.31 bits per heavy atom. The van der Waals surface area contributed by atoms with E-state index in [4.69, 9.17) is 14.2 Å². The van der Waals surface area contributed by atoms with Gasteiger partial charge in [-0.3, -0.25) is 4.99 Å². The average Bonchev–Trinajstić information content (AvgIpc) is 3.50. The van der Waals surface area contributed by atoms with E-state index in [1.54, 1.807) is 14.2 Å². The molecule has 1 aromatic carbocycles. The van der Waals surface area contributed by atoms with Gasteiger partial charge in [0, 0.05) is 24.3 Å². The molecule has 0 N–H and O–H groups in total. The molecule has 1 aromatic rings. The molecule has 1 saturated carbocycles. The van der Waals surface area contributed by atoms with Crippen molar-refractivity contribution in [3.63, 3.8) is 0 Å². The minimum atomic E-state index is -0.241. The van der Waals surface area contributed by atoms with Crippen LogP contribution in [0.1, 0.15) is 37.7 Å². The Kier molecular flexibility index (Phi) is 5.64. The molecule has 1 atom stereocenters. The first-order chi connectivity index (χ1) is 12.6. The van der Waals surface area contributed by atoms with E-state index in [1.807, 2.05) is 18.4 Å². The number of benzene rings is 1. The molecule has 0 aromatic heterocycles. The highest BCUT2D eigenvalue weighted by Crippen LogP contribution is 2.41. The van der Waals surface area contributed by atoms with Crippen molar-refractivity contribution >= 4 is 12.2 Å². The number of methoxy groups -OCH3 is 2. The summed E-state index contributed by atoms with van der Waals surface area (Å²) in [6.07, 6.45) is 8.65. The lowest BCUT2D eigenvalue weighted by Crippen LogP contribution is -2.31. The van der Waals surface area contributed by atoms with Crippen LogP contribution in [-0.4, -0.2) is 40.1 Å². The van der Waals surface area contributed by atoms with Crippen molar-refractivity contribution in [2.45, 2.75) is 37.5 Å². The van der Waals surface area contributed by atoms with E-state index in [9.17, 15) is 4.79 Å². The number of esters is 1. The van der Waals surface area contributed by atoms with Crippen molar-refractivity contribution in [2.24, 2.45) is 10.9 Å². The predicted molar refractivity (Wildman–Crippen MR) is 101 cm³/mol.